The second-order valence-corrected chi connectivity index (χ2v) is 9.97. The van der Waals surface area contributed by atoms with Crippen LogP contribution >= 0.6 is 0 Å². The Morgan fingerprint density at radius 2 is 1.65 bits per heavy atom. The Bertz CT molecular complexity index is 1290. The number of benzene rings is 2. The molecule has 4 nitrogen and oxygen atoms in total. The average molecular weight is 567 g/mol. The quantitative estimate of drug-likeness (QED) is 0.0796. The number of hydrogen-bond donors (Lipinski definition) is 0. The van der Waals surface area contributed by atoms with Gasteiger partial charge in [-0.1, -0.05) is 38.5 Å². The lowest BCUT2D eigenvalue weighted by Gasteiger charge is -2.16. The summed E-state index contributed by atoms with van der Waals surface area (Å²) < 4.78 is 86.1. The van der Waals surface area contributed by atoms with E-state index in [0.29, 0.717) is 28.7 Å². The van der Waals surface area contributed by atoms with Crippen molar-refractivity contribution in [1.29, 1.82) is 0 Å². The first-order chi connectivity index (χ1) is 18.9. The van der Waals surface area contributed by atoms with Gasteiger partial charge in [-0.2, -0.15) is 13.2 Å². The van der Waals surface area contributed by atoms with Crippen LogP contribution < -0.4 is 4.74 Å². The number of esters is 1. The summed E-state index contributed by atoms with van der Waals surface area (Å²) in [5.41, 5.74) is 0.398. The topological polar surface area (TPSA) is 48.7 Å². The lowest BCUT2D eigenvalue weighted by Crippen LogP contribution is -2.18. The van der Waals surface area contributed by atoms with E-state index in [1.807, 2.05) is 6.92 Å². The molecule has 1 aromatic heterocycles. The maximum atomic E-state index is 14.1. The van der Waals surface area contributed by atoms with Crippen LogP contribution in [0.4, 0.5) is 22.0 Å². The van der Waals surface area contributed by atoms with Gasteiger partial charge >= 0.3 is 12.1 Å². The number of fused-ring (bicyclic) bond motifs is 1. The van der Waals surface area contributed by atoms with E-state index in [1.54, 1.807) is 30.3 Å². The molecule has 3 aromatic rings. The number of hydrogen-bond acceptors (Lipinski definition) is 4. The zero-order chi connectivity index (χ0) is 29.3. The molecule has 0 fully saturated rings. The predicted octanol–water partition coefficient (Wildman–Crippen LogP) is 9.55. The molecule has 1 heterocycles. The van der Waals surface area contributed by atoms with E-state index in [0.717, 1.165) is 19.3 Å². The van der Waals surface area contributed by atoms with E-state index in [1.165, 1.54) is 19.1 Å². The largest absolute Gasteiger partial charge is 0.493 e. The second-order valence-electron chi connectivity index (χ2n) is 9.97. The highest BCUT2D eigenvalue weighted by Crippen LogP contribution is 2.40. The van der Waals surface area contributed by atoms with Gasteiger partial charge in [0.25, 0.3) is 0 Å². The molecule has 0 spiro atoms. The molecule has 0 radical (unpaired) electrons. The van der Waals surface area contributed by atoms with Gasteiger partial charge in [0.15, 0.2) is 0 Å². The molecule has 218 valence electrons. The molecule has 3 rings (SSSR count). The molecular weight excluding hydrogens is 531 g/mol. The zero-order valence-electron chi connectivity index (χ0n) is 22.8. The number of ether oxygens (including phenoxy) is 2. The van der Waals surface area contributed by atoms with Crippen molar-refractivity contribution < 1.29 is 40.6 Å². The standard InChI is InChI=1S/C31H35F5O4/c1-4-5-6-9-22-10-13-25(26(18-22)31(34,35)36)28-19-23-11-12-24(20-27(23)40-28)38-16-7-14-30(32,33)15-8-17-39-29(37)21(2)3/h10-13,18-20H,2,4-9,14-17H2,1,3H3. The molecule has 0 unspecified atom stereocenters. The van der Waals surface area contributed by atoms with Crippen molar-refractivity contribution in [3.63, 3.8) is 0 Å². The summed E-state index contributed by atoms with van der Waals surface area (Å²) in [7, 11) is 0. The van der Waals surface area contributed by atoms with Gasteiger partial charge in [0.1, 0.15) is 17.1 Å². The van der Waals surface area contributed by atoms with Crippen LogP contribution in [-0.2, 0) is 22.1 Å². The molecular formula is C31H35F5O4. The number of carbonyl (C=O) groups is 1. The minimum Gasteiger partial charge on any atom is -0.493 e. The van der Waals surface area contributed by atoms with Crippen LogP contribution in [0.25, 0.3) is 22.3 Å². The van der Waals surface area contributed by atoms with Crippen molar-refractivity contribution in [2.45, 2.75) is 77.3 Å². The summed E-state index contributed by atoms with van der Waals surface area (Å²) in [6.07, 6.45) is -1.91. The van der Waals surface area contributed by atoms with Gasteiger partial charge in [-0.05, 0) is 62.4 Å². The molecule has 0 aliphatic heterocycles. The Kier molecular flexibility index (Phi) is 10.8. The Hall–Kier alpha value is -3.36. The van der Waals surface area contributed by atoms with Crippen LogP contribution in [0.3, 0.4) is 0 Å². The molecule has 2 aromatic carbocycles. The first-order valence-corrected chi connectivity index (χ1v) is 13.5. The highest BCUT2D eigenvalue weighted by molar-refractivity contribution is 5.87. The zero-order valence-corrected chi connectivity index (χ0v) is 22.8. The predicted molar refractivity (Wildman–Crippen MR) is 145 cm³/mol. The van der Waals surface area contributed by atoms with Crippen LogP contribution in [0, 0.1) is 0 Å². The molecule has 0 N–H and O–H groups in total. The fourth-order valence-electron chi connectivity index (χ4n) is 4.27. The summed E-state index contributed by atoms with van der Waals surface area (Å²) in [5.74, 6) is -3.08. The Labute approximate surface area is 231 Å². The molecule has 0 saturated carbocycles. The first-order valence-electron chi connectivity index (χ1n) is 13.5. The summed E-state index contributed by atoms with van der Waals surface area (Å²) >= 11 is 0. The molecule has 0 aliphatic rings. The molecule has 0 saturated heterocycles. The van der Waals surface area contributed by atoms with Gasteiger partial charge in [-0.25, -0.2) is 13.6 Å². The van der Waals surface area contributed by atoms with Crippen LogP contribution in [0.1, 0.15) is 69.9 Å². The minimum atomic E-state index is -4.54. The molecule has 9 heteroatoms. The average Bonchev–Trinajstić information content (AvgIpc) is 3.32. The number of unbranched alkanes of at least 4 members (excludes halogenated alkanes) is 2. The molecule has 0 amide bonds. The van der Waals surface area contributed by atoms with Crippen molar-refractivity contribution >= 4 is 16.9 Å². The van der Waals surface area contributed by atoms with E-state index >= 15 is 0 Å². The second kappa shape index (κ2) is 13.8. The van der Waals surface area contributed by atoms with Crippen LogP contribution in [-0.4, -0.2) is 25.1 Å². The normalized spacial score (nSPS) is 12.1. The number of alkyl halides is 5. The summed E-state index contributed by atoms with van der Waals surface area (Å²) in [6.45, 7) is 6.88. The van der Waals surface area contributed by atoms with E-state index < -0.39 is 36.5 Å². The number of rotatable bonds is 15. The first kappa shape index (κ1) is 31.2. The SMILES string of the molecule is C=C(C)C(=O)OCCCC(F)(F)CCCOc1ccc2cc(-c3ccc(CCCCC)cc3C(F)(F)F)oc2c1. The third-order valence-corrected chi connectivity index (χ3v) is 6.44. The highest BCUT2D eigenvalue weighted by atomic mass is 19.4. The monoisotopic (exact) mass is 566 g/mol. The summed E-state index contributed by atoms with van der Waals surface area (Å²) in [4.78, 5) is 11.3. The van der Waals surface area contributed by atoms with Crippen molar-refractivity contribution in [2.24, 2.45) is 0 Å². The van der Waals surface area contributed by atoms with Gasteiger partial charge in [0.2, 0.25) is 5.92 Å². The third-order valence-electron chi connectivity index (χ3n) is 6.44. The molecule has 40 heavy (non-hydrogen) atoms. The fourth-order valence-corrected chi connectivity index (χ4v) is 4.27. The molecule has 0 atom stereocenters. The van der Waals surface area contributed by atoms with Crippen molar-refractivity contribution in [3.05, 3.63) is 65.7 Å². The molecule has 0 bridgehead atoms. The summed E-state index contributed by atoms with van der Waals surface area (Å²) in [6, 6.07) is 10.7. The Morgan fingerprint density at radius 3 is 2.33 bits per heavy atom. The van der Waals surface area contributed by atoms with Crippen LogP contribution in [0.2, 0.25) is 0 Å². The van der Waals surface area contributed by atoms with E-state index in [2.05, 4.69) is 6.58 Å². The maximum Gasteiger partial charge on any atom is 0.417 e. The lowest BCUT2D eigenvalue weighted by atomic mass is 9.98. The van der Waals surface area contributed by atoms with Crippen LogP contribution in [0.15, 0.2) is 59.0 Å². The van der Waals surface area contributed by atoms with E-state index in [9.17, 15) is 26.7 Å². The number of furan rings is 1. The van der Waals surface area contributed by atoms with Gasteiger partial charge in [0, 0.05) is 35.4 Å². The van der Waals surface area contributed by atoms with Gasteiger partial charge in [-0.3, -0.25) is 0 Å². The van der Waals surface area contributed by atoms with Crippen molar-refractivity contribution in [3.8, 4) is 17.1 Å². The number of halogens is 5. The highest BCUT2D eigenvalue weighted by Gasteiger charge is 2.35. The van der Waals surface area contributed by atoms with Crippen molar-refractivity contribution in [2.75, 3.05) is 13.2 Å². The van der Waals surface area contributed by atoms with E-state index in [-0.39, 0.29) is 43.0 Å². The lowest BCUT2D eigenvalue weighted by molar-refractivity contribution is -0.139. The Balaban J connectivity index is 1.59. The van der Waals surface area contributed by atoms with Crippen LogP contribution in [0.5, 0.6) is 5.75 Å². The Morgan fingerprint density at radius 1 is 0.925 bits per heavy atom. The fraction of sp³-hybridized carbons (Fsp3) is 0.452. The summed E-state index contributed by atoms with van der Waals surface area (Å²) in [5, 5.41) is 0.598. The number of aryl methyl sites for hydroxylation is 1. The smallest absolute Gasteiger partial charge is 0.417 e. The molecule has 0 aliphatic carbocycles. The maximum absolute atomic E-state index is 14.1. The van der Waals surface area contributed by atoms with Crippen molar-refractivity contribution in [1.82, 2.24) is 0 Å². The van der Waals surface area contributed by atoms with Gasteiger partial charge in [0.05, 0.1) is 18.8 Å². The van der Waals surface area contributed by atoms with E-state index in [4.69, 9.17) is 13.9 Å². The third kappa shape index (κ3) is 9.10. The van der Waals surface area contributed by atoms with Gasteiger partial charge in [-0.15, -0.1) is 0 Å². The van der Waals surface area contributed by atoms with Gasteiger partial charge < -0.3 is 13.9 Å². The number of carbonyl (C=O) groups excluding carboxylic acids is 1. The minimum absolute atomic E-state index is 0.0248.